The highest BCUT2D eigenvalue weighted by atomic mass is 14.9. The normalized spacial score (nSPS) is 12.4. The first-order valence-corrected chi connectivity index (χ1v) is 6.85. The highest BCUT2D eigenvalue weighted by Gasteiger charge is 2.13. The summed E-state index contributed by atoms with van der Waals surface area (Å²) in [5, 5.41) is 3.54. The first-order valence-electron chi connectivity index (χ1n) is 6.85. The summed E-state index contributed by atoms with van der Waals surface area (Å²) >= 11 is 0. The summed E-state index contributed by atoms with van der Waals surface area (Å²) < 4.78 is 0. The molecule has 0 saturated carbocycles. The second-order valence-electron chi connectivity index (χ2n) is 5.07. The van der Waals surface area contributed by atoms with Crippen molar-refractivity contribution < 1.29 is 0 Å². The average molecular weight is 254 g/mol. The maximum Gasteiger partial charge on any atom is 0.0591 e. The lowest BCUT2D eigenvalue weighted by Gasteiger charge is -2.19. The number of nitrogens with zero attached hydrogens (tertiary/aromatic N) is 1. The number of aryl methyl sites for hydroxylation is 3. The van der Waals surface area contributed by atoms with Gasteiger partial charge in [0.25, 0.3) is 0 Å². The molecule has 0 saturated heterocycles. The fraction of sp³-hybridized carbons (Fsp3) is 0.353. The van der Waals surface area contributed by atoms with E-state index >= 15 is 0 Å². The molecule has 1 N–H and O–H groups in total. The van der Waals surface area contributed by atoms with Gasteiger partial charge in [0.1, 0.15) is 0 Å². The van der Waals surface area contributed by atoms with Crippen molar-refractivity contribution >= 4 is 0 Å². The average Bonchev–Trinajstić information content (AvgIpc) is 2.41. The second-order valence-corrected chi connectivity index (χ2v) is 5.07. The second kappa shape index (κ2) is 5.98. The maximum atomic E-state index is 4.41. The third kappa shape index (κ3) is 3.21. The van der Waals surface area contributed by atoms with E-state index in [4.69, 9.17) is 0 Å². The summed E-state index contributed by atoms with van der Waals surface area (Å²) in [6.45, 7) is 9.40. The van der Waals surface area contributed by atoms with Crippen LogP contribution in [0.3, 0.4) is 0 Å². The van der Waals surface area contributed by atoms with Gasteiger partial charge in [0.2, 0.25) is 0 Å². The molecule has 2 rings (SSSR count). The highest BCUT2D eigenvalue weighted by Crippen LogP contribution is 2.23. The number of benzene rings is 1. The highest BCUT2D eigenvalue weighted by molar-refractivity contribution is 5.36. The van der Waals surface area contributed by atoms with Crippen LogP contribution >= 0.6 is 0 Å². The number of pyridine rings is 1. The standard InChI is InChI=1S/C17H22N2/c1-5-18-17(16-9-7-14(4)19-11-16)15-8-6-12(2)13(3)10-15/h6-11,17-18H,5H2,1-4H3. The summed E-state index contributed by atoms with van der Waals surface area (Å²) in [6, 6.07) is 11.1. The zero-order chi connectivity index (χ0) is 13.8. The lowest BCUT2D eigenvalue weighted by molar-refractivity contribution is 0.628. The van der Waals surface area contributed by atoms with Crippen LogP contribution in [-0.4, -0.2) is 11.5 Å². The topological polar surface area (TPSA) is 24.9 Å². The van der Waals surface area contributed by atoms with Gasteiger partial charge in [-0.1, -0.05) is 31.2 Å². The first-order chi connectivity index (χ1) is 9.11. The van der Waals surface area contributed by atoms with Crippen molar-refractivity contribution in [3.05, 3.63) is 64.5 Å². The zero-order valence-corrected chi connectivity index (χ0v) is 12.2. The van der Waals surface area contributed by atoms with E-state index in [9.17, 15) is 0 Å². The minimum atomic E-state index is 0.220. The van der Waals surface area contributed by atoms with E-state index in [-0.39, 0.29) is 6.04 Å². The fourth-order valence-corrected chi connectivity index (χ4v) is 2.23. The zero-order valence-electron chi connectivity index (χ0n) is 12.2. The SMILES string of the molecule is CCNC(c1ccc(C)nc1)c1ccc(C)c(C)c1. The van der Waals surface area contributed by atoms with E-state index in [1.807, 2.05) is 13.1 Å². The number of aromatic nitrogens is 1. The van der Waals surface area contributed by atoms with Crippen molar-refractivity contribution in [3.63, 3.8) is 0 Å². The van der Waals surface area contributed by atoms with Gasteiger partial charge in [-0.05, 0) is 55.6 Å². The molecule has 1 heterocycles. The van der Waals surface area contributed by atoms with E-state index in [1.165, 1.54) is 22.3 Å². The Labute approximate surface area is 115 Å². The van der Waals surface area contributed by atoms with Crippen LogP contribution < -0.4 is 5.32 Å². The molecule has 2 aromatic rings. The molecule has 1 unspecified atom stereocenters. The monoisotopic (exact) mass is 254 g/mol. The molecule has 2 nitrogen and oxygen atoms in total. The van der Waals surface area contributed by atoms with Crippen LogP contribution in [0.25, 0.3) is 0 Å². The van der Waals surface area contributed by atoms with E-state index < -0.39 is 0 Å². The molecule has 1 aromatic carbocycles. The van der Waals surface area contributed by atoms with Gasteiger partial charge in [-0.25, -0.2) is 0 Å². The Morgan fingerprint density at radius 3 is 2.32 bits per heavy atom. The predicted molar refractivity (Wildman–Crippen MR) is 80.4 cm³/mol. The molecule has 19 heavy (non-hydrogen) atoms. The van der Waals surface area contributed by atoms with E-state index in [1.54, 1.807) is 0 Å². The molecule has 0 spiro atoms. The van der Waals surface area contributed by atoms with Gasteiger partial charge in [-0.15, -0.1) is 0 Å². The largest absolute Gasteiger partial charge is 0.306 e. The smallest absolute Gasteiger partial charge is 0.0591 e. The lowest BCUT2D eigenvalue weighted by atomic mass is 9.96. The summed E-state index contributed by atoms with van der Waals surface area (Å²) in [7, 11) is 0. The molecule has 0 aliphatic rings. The van der Waals surface area contributed by atoms with Crippen molar-refractivity contribution in [3.8, 4) is 0 Å². The molecule has 0 amide bonds. The Bertz CT molecular complexity index is 544. The minimum Gasteiger partial charge on any atom is -0.306 e. The molecule has 0 aliphatic carbocycles. The van der Waals surface area contributed by atoms with Crippen molar-refractivity contribution in [2.45, 2.75) is 33.7 Å². The van der Waals surface area contributed by atoms with E-state index in [0.29, 0.717) is 0 Å². The Balaban J connectivity index is 2.38. The molecule has 0 fully saturated rings. The van der Waals surface area contributed by atoms with Gasteiger partial charge in [0, 0.05) is 11.9 Å². The minimum absolute atomic E-state index is 0.220. The van der Waals surface area contributed by atoms with Crippen molar-refractivity contribution in [2.75, 3.05) is 6.54 Å². The molecule has 1 atom stereocenters. The number of hydrogen-bond donors (Lipinski definition) is 1. The summed E-state index contributed by atoms with van der Waals surface area (Å²) in [5.41, 5.74) is 6.24. The van der Waals surface area contributed by atoms with Gasteiger partial charge in [-0.3, -0.25) is 4.98 Å². The van der Waals surface area contributed by atoms with Crippen LogP contribution in [0.15, 0.2) is 36.5 Å². The van der Waals surface area contributed by atoms with Gasteiger partial charge in [-0.2, -0.15) is 0 Å². The van der Waals surface area contributed by atoms with Crippen molar-refractivity contribution in [1.29, 1.82) is 0 Å². The van der Waals surface area contributed by atoms with Gasteiger partial charge < -0.3 is 5.32 Å². The molecule has 1 aromatic heterocycles. The van der Waals surface area contributed by atoms with Crippen LogP contribution in [0.4, 0.5) is 0 Å². The Morgan fingerprint density at radius 1 is 1.00 bits per heavy atom. The first kappa shape index (κ1) is 13.8. The molecule has 2 heteroatoms. The molecule has 0 radical (unpaired) electrons. The van der Waals surface area contributed by atoms with Crippen LogP contribution in [0.2, 0.25) is 0 Å². The Hall–Kier alpha value is -1.67. The van der Waals surface area contributed by atoms with Crippen LogP contribution in [-0.2, 0) is 0 Å². The van der Waals surface area contributed by atoms with Gasteiger partial charge in [0.05, 0.1) is 6.04 Å². The molecular weight excluding hydrogens is 232 g/mol. The summed E-state index contributed by atoms with van der Waals surface area (Å²) in [5.74, 6) is 0. The lowest BCUT2D eigenvalue weighted by Crippen LogP contribution is -2.22. The summed E-state index contributed by atoms with van der Waals surface area (Å²) in [6.07, 6.45) is 1.97. The molecule has 0 bridgehead atoms. The molecule has 0 aliphatic heterocycles. The van der Waals surface area contributed by atoms with Crippen LogP contribution in [0.5, 0.6) is 0 Å². The van der Waals surface area contributed by atoms with E-state index in [2.05, 4.69) is 61.4 Å². The van der Waals surface area contributed by atoms with Gasteiger partial charge in [0.15, 0.2) is 0 Å². The predicted octanol–water partition coefficient (Wildman–Crippen LogP) is 3.71. The molecule has 100 valence electrons. The maximum absolute atomic E-state index is 4.41. The number of nitrogens with one attached hydrogen (secondary N) is 1. The van der Waals surface area contributed by atoms with Crippen molar-refractivity contribution in [2.24, 2.45) is 0 Å². The summed E-state index contributed by atoms with van der Waals surface area (Å²) in [4.78, 5) is 4.41. The van der Waals surface area contributed by atoms with Crippen molar-refractivity contribution in [1.82, 2.24) is 10.3 Å². The third-order valence-electron chi connectivity index (χ3n) is 3.54. The Morgan fingerprint density at radius 2 is 1.74 bits per heavy atom. The number of hydrogen-bond acceptors (Lipinski definition) is 2. The number of rotatable bonds is 4. The quantitative estimate of drug-likeness (QED) is 0.899. The Kier molecular flexibility index (Phi) is 4.33. The fourth-order valence-electron chi connectivity index (χ4n) is 2.23. The molecular formula is C17H22N2. The van der Waals surface area contributed by atoms with Gasteiger partial charge >= 0.3 is 0 Å². The van der Waals surface area contributed by atoms with Crippen LogP contribution in [0.1, 0.15) is 40.9 Å². The van der Waals surface area contributed by atoms with Crippen LogP contribution in [0, 0.1) is 20.8 Å². The third-order valence-corrected chi connectivity index (χ3v) is 3.54. The van der Waals surface area contributed by atoms with E-state index in [0.717, 1.165) is 12.2 Å².